The Morgan fingerprint density at radius 2 is 1.96 bits per heavy atom. The molecular weight excluding hydrogens is 340 g/mol. The van der Waals surface area contributed by atoms with Gasteiger partial charge in [0.1, 0.15) is 0 Å². The first-order valence-electron chi connectivity index (χ1n) is 9.60. The summed E-state index contributed by atoms with van der Waals surface area (Å²) >= 11 is 0. The summed E-state index contributed by atoms with van der Waals surface area (Å²) in [6, 6.07) is 9.20. The van der Waals surface area contributed by atoms with Crippen LogP contribution in [0.1, 0.15) is 47.6 Å². The number of carbonyl (C=O) groups is 2. The van der Waals surface area contributed by atoms with E-state index in [-0.39, 0.29) is 11.8 Å². The highest BCUT2D eigenvalue weighted by atomic mass is 16.2. The fourth-order valence-electron chi connectivity index (χ4n) is 3.55. The van der Waals surface area contributed by atoms with Crippen molar-refractivity contribution in [3.05, 3.63) is 52.8 Å². The maximum absolute atomic E-state index is 12.4. The van der Waals surface area contributed by atoms with Gasteiger partial charge in [0.2, 0.25) is 5.91 Å². The van der Waals surface area contributed by atoms with Gasteiger partial charge < -0.3 is 10.2 Å². The van der Waals surface area contributed by atoms with Crippen LogP contribution < -0.4 is 5.32 Å². The molecule has 1 aromatic heterocycles. The van der Waals surface area contributed by atoms with E-state index < -0.39 is 0 Å². The number of hydrogen-bond acceptors (Lipinski definition) is 3. The highest BCUT2D eigenvalue weighted by molar-refractivity contribution is 5.94. The predicted molar refractivity (Wildman–Crippen MR) is 104 cm³/mol. The molecule has 144 valence electrons. The molecule has 0 aliphatic carbocycles. The van der Waals surface area contributed by atoms with Gasteiger partial charge in [-0.25, -0.2) is 0 Å². The Hall–Kier alpha value is -2.63. The third kappa shape index (κ3) is 4.56. The van der Waals surface area contributed by atoms with E-state index in [0.717, 1.165) is 24.2 Å². The molecule has 0 saturated carbocycles. The minimum Gasteiger partial charge on any atom is -0.352 e. The molecule has 3 rings (SSSR count). The fraction of sp³-hybridized carbons (Fsp3) is 0.476. The summed E-state index contributed by atoms with van der Waals surface area (Å²) in [6.45, 7) is 6.03. The summed E-state index contributed by atoms with van der Waals surface area (Å²) in [6.07, 6.45) is 2.07. The number of nitrogens with one attached hydrogen (secondary N) is 1. The molecule has 0 bridgehead atoms. The molecule has 1 aliphatic heterocycles. The Balaban J connectivity index is 1.63. The SMILES string of the molecule is CC(C)CC(=O)N1CCc2c(c(CCNC(=O)c3ccccc3)nn2C)C1. The molecule has 27 heavy (non-hydrogen) atoms. The average Bonchev–Trinajstić information content (AvgIpc) is 2.97. The van der Waals surface area contributed by atoms with Crippen molar-refractivity contribution in [2.24, 2.45) is 13.0 Å². The zero-order valence-electron chi connectivity index (χ0n) is 16.4. The lowest BCUT2D eigenvalue weighted by Gasteiger charge is -2.28. The highest BCUT2D eigenvalue weighted by Gasteiger charge is 2.26. The van der Waals surface area contributed by atoms with Crippen LogP contribution in [0.3, 0.4) is 0 Å². The number of hydrogen-bond donors (Lipinski definition) is 1. The monoisotopic (exact) mass is 368 g/mol. The normalized spacial score (nSPS) is 13.6. The highest BCUT2D eigenvalue weighted by Crippen LogP contribution is 2.23. The van der Waals surface area contributed by atoms with Gasteiger partial charge in [0.25, 0.3) is 5.91 Å². The van der Waals surface area contributed by atoms with Crippen LogP contribution in [-0.2, 0) is 31.2 Å². The molecule has 1 aliphatic rings. The zero-order valence-corrected chi connectivity index (χ0v) is 16.4. The van der Waals surface area contributed by atoms with E-state index >= 15 is 0 Å². The van der Waals surface area contributed by atoms with Gasteiger partial charge in [-0.15, -0.1) is 0 Å². The number of nitrogens with zero attached hydrogens (tertiary/aromatic N) is 3. The number of aryl methyl sites for hydroxylation is 1. The number of benzene rings is 1. The number of rotatable bonds is 6. The summed E-state index contributed by atoms with van der Waals surface area (Å²) in [5.74, 6) is 0.498. The Morgan fingerprint density at radius 3 is 2.67 bits per heavy atom. The van der Waals surface area contributed by atoms with Crippen molar-refractivity contribution in [3.63, 3.8) is 0 Å². The minimum atomic E-state index is -0.0749. The van der Waals surface area contributed by atoms with Crippen molar-refractivity contribution in [3.8, 4) is 0 Å². The first-order chi connectivity index (χ1) is 13.0. The van der Waals surface area contributed by atoms with Crippen LogP contribution in [0.25, 0.3) is 0 Å². The summed E-state index contributed by atoms with van der Waals surface area (Å²) in [4.78, 5) is 26.6. The molecule has 0 radical (unpaired) electrons. The van der Waals surface area contributed by atoms with E-state index in [1.54, 1.807) is 12.1 Å². The van der Waals surface area contributed by atoms with E-state index in [1.165, 1.54) is 5.69 Å². The summed E-state index contributed by atoms with van der Waals surface area (Å²) in [5.41, 5.74) is 3.98. The first-order valence-corrected chi connectivity index (χ1v) is 9.60. The first kappa shape index (κ1) is 19.1. The van der Waals surface area contributed by atoms with Crippen molar-refractivity contribution >= 4 is 11.8 Å². The second kappa shape index (κ2) is 8.37. The van der Waals surface area contributed by atoms with E-state index in [0.29, 0.717) is 37.4 Å². The lowest BCUT2D eigenvalue weighted by atomic mass is 10.0. The van der Waals surface area contributed by atoms with Crippen molar-refractivity contribution in [2.45, 2.75) is 39.7 Å². The molecule has 0 spiro atoms. The second-order valence-electron chi connectivity index (χ2n) is 7.53. The van der Waals surface area contributed by atoms with E-state index in [2.05, 4.69) is 24.3 Å². The molecule has 6 nitrogen and oxygen atoms in total. The molecule has 0 saturated heterocycles. The smallest absolute Gasteiger partial charge is 0.251 e. The molecule has 2 amide bonds. The molecule has 0 unspecified atom stereocenters. The number of fused-ring (bicyclic) bond motifs is 1. The van der Waals surface area contributed by atoms with Crippen molar-refractivity contribution < 1.29 is 9.59 Å². The molecule has 2 heterocycles. The Bertz CT molecular complexity index is 811. The number of carbonyl (C=O) groups excluding carboxylic acids is 2. The molecule has 1 N–H and O–H groups in total. The largest absolute Gasteiger partial charge is 0.352 e. The number of amides is 2. The Kier molecular flexibility index (Phi) is 5.94. The molecule has 1 aromatic carbocycles. The van der Waals surface area contributed by atoms with Crippen molar-refractivity contribution in [1.29, 1.82) is 0 Å². The lowest BCUT2D eigenvalue weighted by molar-refractivity contribution is -0.132. The number of aromatic nitrogens is 2. The summed E-state index contributed by atoms with van der Waals surface area (Å²) in [7, 11) is 1.95. The van der Waals surface area contributed by atoms with Crippen LogP contribution >= 0.6 is 0 Å². The van der Waals surface area contributed by atoms with Crippen molar-refractivity contribution in [2.75, 3.05) is 13.1 Å². The standard InChI is InChI=1S/C21H28N4O2/c1-15(2)13-20(26)25-12-10-19-17(14-25)18(23-24(19)3)9-11-22-21(27)16-7-5-4-6-8-16/h4-8,15H,9-14H2,1-3H3,(H,22,27). The van der Waals surface area contributed by atoms with Crippen LogP contribution in [0, 0.1) is 5.92 Å². The predicted octanol–water partition coefficient (Wildman–Crippen LogP) is 2.32. The maximum atomic E-state index is 12.4. The van der Waals surface area contributed by atoms with Crippen molar-refractivity contribution in [1.82, 2.24) is 20.0 Å². The van der Waals surface area contributed by atoms with Gasteiger partial charge in [-0.05, 0) is 18.1 Å². The second-order valence-corrected chi connectivity index (χ2v) is 7.53. The van der Waals surface area contributed by atoms with Crippen LogP contribution in [-0.4, -0.2) is 39.6 Å². The van der Waals surface area contributed by atoms with Gasteiger partial charge in [-0.1, -0.05) is 32.0 Å². The molecule has 2 aromatic rings. The lowest BCUT2D eigenvalue weighted by Crippen LogP contribution is -2.37. The molecule has 6 heteroatoms. The van der Waals surface area contributed by atoms with Gasteiger partial charge in [-0.2, -0.15) is 5.10 Å². The average molecular weight is 368 g/mol. The topological polar surface area (TPSA) is 67.2 Å². The zero-order chi connectivity index (χ0) is 19.4. The quantitative estimate of drug-likeness (QED) is 0.851. The fourth-order valence-corrected chi connectivity index (χ4v) is 3.55. The maximum Gasteiger partial charge on any atom is 0.251 e. The van der Waals surface area contributed by atoms with Crippen LogP contribution in [0.4, 0.5) is 0 Å². The van der Waals surface area contributed by atoms with Crippen LogP contribution in [0.15, 0.2) is 30.3 Å². The summed E-state index contributed by atoms with van der Waals surface area (Å²) < 4.78 is 1.92. The third-order valence-electron chi connectivity index (χ3n) is 4.94. The van der Waals surface area contributed by atoms with Gasteiger partial charge >= 0.3 is 0 Å². The Labute approximate surface area is 160 Å². The molecule has 0 fully saturated rings. The summed E-state index contributed by atoms with van der Waals surface area (Å²) in [5, 5.41) is 7.60. The van der Waals surface area contributed by atoms with E-state index in [1.807, 2.05) is 34.8 Å². The van der Waals surface area contributed by atoms with Crippen LogP contribution in [0.5, 0.6) is 0 Å². The molecule has 0 atom stereocenters. The van der Waals surface area contributed by atoms with Crippen LogP contribution in [0.2, 0.25) is 0 Å². The third-order valence-corrected chi connectivity index (χ3v) is 4.94. The van der Waals surface area contributed by atoms with Gasteiger partial charge in [0.05, 0.1) is 5.69 Å². The minimum absolute atomic E-state index is 0.0749. The van der Waals surface area contributed by atoms with Gasteiger partial charge in [0.15, 0.2) is 0 Å². The Morgan fingerprint density at radius 1 is 1.22 bits per heavy atom. The van der Waals surface area contributed by atoms with E-state index in [9.17, 15) is 9.59 Å². The van der Waals surface area contributed by atoms with Gasteiger partial charge in [0, 0.05) is 62.8 Å². The molecular formula is C21H28N4O2. The van der Waals surface area contributed by atoms with E-state index in [4.69, 9.17) is 0 Å². The van der Waals surface area contributed by atoms with Gasteiger partial charge in [-0.3, -0.25) is 14.3 Å².